The van der Waals surface area contributed by atoms with Gasteiger partial charge in [-0.2, -0.15) is 0 Å². The van der Waals surface area contributed by atoms with Crippen LogP contribution in [0.1, 0.15) is 372 Å². The third kappa shape index (κ3) is 49.0. The van der Waals surface area contributed by atoms with Crippen LogP contribution in [0.15, 0.2) is 101 Å². The van der Waals surface area contributed by atoms with Crippen molar-refractivity contribution >= 4 is 22.8 Å². The van der Waals surface area contributed by atoms with Gasteiger partial charge in [0.15, 0.2) is 0 Å². The second-order valence-corrected chi connectivity index (χ2v) is 25.9. The van der Waals surface area contributed by atoms with Gasteiger partial charge in [-0.15, -0.1) is 11.5 Å². The van der Waals surface area contributed by atoms with Crippen LogP contribution in [0.4, 0.5) is 11.4 Å². The van der Waals surface area contributed by atoms with Gasteiger partial charge < -0.3 is 10.2 Å². The summed E-state index contributed by atoms with van der Waals surface area (Å²) in [5, 5.41) is 21.0. The summed E-state index contributed by atoms with van der Waals surface area (Å²) in [5.74, 6) is -0.851. The Morgan fingerprint density at radius 3 is 0.897 bits per heavy atom. The first-order valence-electron chi connectivity index (χ1n) is 37.5. The van der Waals surface area contributed by atoms with Crippen molar-refractivity contribution in [1.29, 1.82) is 0 Å². The third-order valence-electron chi connectivity index (χ3n) is 17.6. The number of benzene rings is 3. The first-order valence-corrected chi connectivity index (χ1v) is 37.5. The van der Waals surface area contributed by atoms with Gasteiger partial charge in [0, 0.05) is 0 Å². The van der Waals surface area contributed by atoms with Crippen molar-refractivity contribution in [2.45, 2.75) is 375 Å². The molecule has 0 N–H and O–H groups in total. The van der Waals surface area contributed by atoms with Gasteiger partial charge in [0.2, 0.25) is 0 Å². The number of aryl methyl sites for hydroxylation is 3. The maximum Gasteiger partial charge on any atom is 2.00 e. The molecule has 0 aromatic heterocycles. The zero-order chi connectivity index (χ0) is 61.7. The molecule has 0 amide bonds. The summed E-state index contributed by atoms with van der Waals surface area (Å²) in [6.45, 7) is 11.0. The van der Waals surface area contributed by atoms with E-state index in [4.69, 9.17) is 9.98 Å². The summed E-state index contributed by atoms with van der Waals surface area (Å²) in [6.07, 6.45) is 81.3. The van der Waals surface area contributed by atoms with Gasteiger partial charge in [0.25, 0.3) is 0 Å². The Balaban J connectivity index is 0.00000344. The molecule has 0 spiro atoms. The predicted molar refractivity (Wildman–Crippen MR) is 381 cm³/mol. The molecular weight excluding hydrogens is 1100 g/mol. The average Bonchev–Trinajstić information content (AvgIpc) is 3.00. The molecule has 4 nitrogen and oxygen atoms in total. The standard InChI is InChI=1S/C75H130N2.C7H8O2.Ni/c1-5-9-13-16-19-22-25-28-31-34-37-40-43-46-49-52-55-62-70-64-58-60-67-72(70)76-74(66-12-8-4)75(69-57-54-51-48-45-42-39-36-33-30-27-24-21-18-15-11-7-3)77-73-68-61-59-65-71(73)63-56-53-50-47-44-41-38-35-32-29-26-23-20-17-14-10-6-2;1-5-2-3-6(8)7(9)4-5;/h46-47,49-50,58-61,64-65,67-68H,5-45,48,51-57,62-63,66,69H2,1-4H3;2-4,8-9H,1H3;/q;;+2/p-2/b49-46+,50-47+,76-74-,77-75+;;. The number of unbranched alkanes of at least 4 members (excludes halogenated alkanes) is 43. The number of hydrogen-bond donors (Lipinski definition) is 0. The monoisotopic (exact) mass is 1240 g/mol. The van der Waals surface area contributed by atoms with Gasteiger partial charge in [-0.1, -0.05) is 363 Å². The van der Waals surface area contributed by atoms with Crippen LogP contribution in [0.25, 0.3) is 0 Å². The number of hydrogen-bond acceptors (Lipinski definition) is 4. The molecule has 0 aliphatic rings. The minimum atomic E-state index is -0.430. The van der Waals surface area contributed by atoms with Gasteiger partial charge in [-0.3, -0.25) is 9.98 Å². The van der Waals surface area contributed by atoms with Gasteiger partial charge in [0.05, 0.1) is 22.8 Å². The Morgan fingerprint density at radius 2 is 0.586 bits per heavy atom. The van der Waals surface area contributed by atoms with E-state index in [1.807, 2.05) is 0 Å². The molecule has 0 unspecified atom stereocenters. The summed E-state index contributed by atoms with van der Waals surface area (Å²) >= 11 is 0. The molecule has 496 valence electrons. The van der Waals surface area contributed by atoms with Crippen molar-refractivity contribution in [1.82, 2.24) is 0 Å². The van der Waals surface area contributed by atoms with Crippen LogP contribution in [0, 0.1) is 6.92 Å². The van der Waals surface area contributed by atoms with Crippen LogP contribution < -0.4 is 10.2 Å². The SMILES string of the molecule is CCCCCCCCCCCCCC/C=C/CCCc1ccccc1/N=C(CCCC)\C(CCCCCCCCCCCCCCCCCCC)=N\c1ccccc1CCC/C=C/CCCCCCCCCCCCCC.Cc1ccc([O-])c([O-])c1.[Ni+2]. The zero-order valence-electron chi connectivity index (χ0n) is 57.7. The molecule has 0 atom stereocenters. The van der Waals surface area contributed by atoms with E-state index in [1.165, 1.54) is 336 Å². The quantitative estimate of drug-likeness (QED) is 0.0245. The minimum Gasteiger partial charge on any atom is -0.873 e. The maximum atomic E-state index is 10.5. The van der Waals surface area contributed by atoms with E-state index in [-0.39, 0.29) is 16.5 Å². The van der Waals surface area contributed by atoms with Crippen LogP contribution in [0.2, 0.25) is 0 Å². The molecule has 0 aliphatic heterocycles. The summed E-state index contributed by atoms with van der Waals surface area (Å²) in [4.78, 5) is 11.3. The fourth-order valence-corrected chi connectivity index (χ4v) is 12.0. The van der Waals surface area contributed by atoms with Crippen molar-refractivity contribution in [2.24, 2.45) is 9.98 Å². The Bertz CT molecular complexity index is 2090. The maximum absolute atomic E-state index is 10.5. The van der Waals surface area contributed by atoms with E-state index in [9.17, 15) is 10.2 Å². The van der Waals surface area contributed by atoms with Crippen LogP contribution >= 0.6 is 0 Å². The average molecular weight is 1240 g/mol. The van der Waals surface area contributed by atoms with E-state index < -0.39 is 11.5 Å². The number of allylic oxidation sites excluding steroid dienone is 4. The van der Waals surface area contributed by atoms with E-state index in [2.05, 4.69) is 101 Å². The van der Waals surface area contributed by atoms with Crippen molar-refractivity contribution < 1.29 is 26.7 Å². The van der Waals surface area contributed by atoms with E-state index in [0.29, 0.717) is 0 Å². The Morgan fingerprint density at radius 1 is 0.310 bits per heavy atom. The van der Waals surface area contributed by atoms with Crippen molar-refractivity contribution in [3.05, 3.63) is 108 Å². The zero-order valence-corrected chi connectivity index (χ0v) is 58.7. The molecule has 3 aromatic carbocycles. The van der Waals surface area contributed by atoms with Crippen LogP contribution in [0.3, 0.4) is 0 Å². The molecule has 0 bridgehead atoms. The molecule has 0 saturated heterocycles. The Kier molecular flexibility index (Phi) is 58.8. The first kappa shape index (κ1) is 81.6. The Hall–Kier alpha value is -3.43. The molecule has 3 aromatic rings. The van der Waals surface area contributed by atoms with E-state index in [1.54, 1.807) is 13.0 Å². The van der Waals surface area contributed by atoms with Crippen LogP contribution in [0.5, 0.6) is 11.5 Å². The van der Waals surface area contributed by atoms with Gasteiger partial charge >= 0.3 is 16.5 Å². The van der Waals surface area contributed by atoms with Crippen molar-refractivity contribution in [3.63, 3.8) is 0 Å². The minimum absolute atomic E-state index is 0. The first-order chi connectivity index (χ1) is 42.4. The summed E-state index contributed by atoms with van der Waals surface area (Å²) < 4.78 is 0. The number of para-hydroxylation sites is 2. The molecule has 3 rings (SSSR count). The predicted octanol–water partition coefficient (Wildman–Crippen LogP) is 26.8. The summed E-state index contributed by atoms with van der Waals surface area (Å²) in [7, 11) is 0. The molecule has 0 heterocycles. The largest absolute Gasteiger partial charge is 2.00 e. The molecule has 0 radical (unpaired) electrons. The number of nitrogens with zero attached hydrogens (tertiary/aromatic N) is 2. The van der Waals surface area contributed by atoms with Crippen molar-refractivity contribution in [2.75, 3.05) is 0 Å². The van der Waals surface area contributed by atoms with E-state index >= 15 is 0 Å². The second-order valence-electron chi connectivity index (χ2n) is 25.9. The van der Waals surface area contributed by atoms with Gasteiger partial charge in [0.1, 0.15) is 0 Å². The smallest absolute Gasteiger partial charge is 0.873 e. The number of rotatable bonds is 58. The Labute approximate surface area is 550 Å². The fourth-order valence-electron chi connectivity index (χ4n) is 12.0. The van der Waals surface area contributed by atoms with Crippen LogP contribution in [-0.4, -0.2) is 11.4 Å². The number of aliphatic imine (C=N–C) groups is 2. The summed E-state index contributed by atoms with van der Waals surface area (Å²) in [5.41, 5.74) is 8.42. The van der Waals surface area contributed by atoms with Gasteiger partial charge in [-0.25, -0.2) is 0 Å². The fraction of sp³-hybridized carbons (Fsp3) is 0.707. The summed E-state index contributed by atoms with van der Waals surface area (Å²) in [6, 6.07) is 22.3. The topological polar surface area (TPSA) is 70.8 Å². The molecule has 5 heteroatoms. The molecule has 87 heavy (non-hydrogen) atoms. The van der Waals surface area contributed by atoms with E-state index in [0.717, 1.165) is 56.2 Å². The van der Waals surface area contributed by atoms with Gasteiger partial charge in [-0.05, 0) is 120 Å². The van der Waals surface area contributed by atoms with Crippen molar-refractivity contribution in [3.8, 4) is 11.5 Å². The molecule has 0 aliphatic carbocycles. The molecule has 0 saturated carbocycles. The molecule has 0 fully saturated rings. The third-order valence-corrected chi connectivity index (χ3v) is 17.6. The second kappa shape index (κ2) is 62.8. The molecular formula is C82H136N2NiO2. The van der Waals surface area contributed by atoms with Crippen LogP contribution in [-0.2, 0) is 29.3 Å². The normalized spacial score (nSPS) is 11.9.